The molecule has 4 rings (SSSR count). The van der Waals surface area contributed by atoms with Gasteiger partial charge in [0, 0.05) is 36.3 Å². The maximum Gasteiger partial charge on any atom is 0.354 e. The summed E-state index contributed by atoms with van der Waals surface area (Å²) >= 11 is 6.23. The monoisotopic (exact) mass is 624 g/mol. The van der Waals surface area contributed by atoms with Crippen molar-refractivity contribution in [1.82, 2.24) is 25.2 Å². The molecule has 0 bridgehead atoms. The molecule has 2 atom stereocenters. The van der Waals surface area contributed by atoms with E-state index in [0.717, 1.165) is 24.0 Å². The Bertz CT molecular complexity index is 1670. The second kappa shape index (κ2) is 14.8. The molecule has 234 valence electrons. The number of halogens is 2. The lowest BCUT2D eigenvalue weighted by atomic mass is 10.0. The zero-order chi connectivity index (χ0) is 31.8. The molecule has 0 aliphatic heterocycles. The molecule has 2 aromatic heterocycles. The van der Waals surface area contributed by atoms with Crippen molar-refractivity contribution in [2.45, 2.75) is 51.4 Å². The molecule has 0 saturated carbocycles. The van der Waals surface area contributed by atoms with Crippen LogP contribution in [-0.4, -0.2) is 51.7 Å². The molecule has 4 aromatic rings. The van der Waals surface area contributed by atoms with Crippen LogP contribution >= 0.6 is 11.6 Å². The second-order valence-electron chi connectivity index (χ2n) is 10.7. The number of aryl methyl sites for hydroxylation is 1. The van der Waals surface area contributed by atoms with Gasteiger partial charge < -0.3 is 37.6 Å². The van der Waals surface area contributed by atoms with Crippen LogP contribution in [0.1, 0.15) is 37.3 Å². The van der Waals surface area contributed by atoms with E-state index in [9.17, 15) is 4.79 Å². The zero-order valence-corrected chi connectivity index (χ0v) is 25.2. The van der Waals surface area contributed by atoms with Crippen LogP contribution in [0.4, 0.5) is 4.39 Å². The van der Waals surface area contributed by atoms with Gasteiger partial charge in [0.1, 0.15) is 5.65 Å². The number of aromatic nitrogens is 3. The van der Waals surface area contributed by atoms with Crippen molar-refractivity contribution < 1.29 is 9.13 Å². The van der Waals surface area contributed by atoms with E-state index >= 15 is 4.39 Å². The molecular weight excluding hydrogens is 587 g/mol. The molecule has 0 spiro atoms. The Morgan fingerprint density at radius 3 is 2.52 bits per heavy atom. The van der Waals surface area contributed by atoms with Crippen LogP contribution in [0.3, 0.4) is 0 Å². The highest BCUT2D eigenvalue weighted by Gasteiger charge is 2.16. The van der Waals surface area contributed by atoms with Gasteiger partial charge in [-0.05, 0) is 74.1 Å². The highest BCUT2D eigenvalue weighted by molar-refractivity contribution is 6.31. The maximum absolute atomic E-state index is 15.1. The number of hydrogen-bond donors (Lipinski definition) is 8. The molecule has 0 unspecified atom stereocenters. The van der Waals surface area contributed by atoms with Gasteiger partial charge in [-0.2, -0.15) is 4.98 Å². The van der Waals surface area contributed by atoms with E-state index in [4.69, 9.17) is 44.4 Å². The van der Waals surface area contributed by atoms with Crippen LogP contribution in [0, 0.1) is 16.6 Å². The van der Waals surface area contributed by atoms with Gasteiger partial charge in [-0.15, -0.1) is 0 Å². The molecule has 0 aliphatic carbocycles. The van der Waals surface area contributed by atoms with Gasteiger partial charge in [0.25, 0.3) is 0 Å². The average Bonchev–Trinajstić information content (AvgIpc) is 3.38. The number of nitrogens with one attached hydrogen (secondary N) is 5. The first-order valence-electron chi connectivity index (χ1n) is 14.2. The number of fused-ring (bicyclic) bond motifs is 1. The summed E-state index contributed by atoms with van der Waals surface area (Å²) in [5.41, 5.74) is 19.6. The van der Waals surface area contributed by atoms with Crippen molar-refractivity contribution in [3.8, 4) is 16.9 Å². The Morgan fingerprint density at radius 2 is 1.84 bits per heavy atom. The number of guanidine groups is 2. The van der Waals surface area contributed by atoms with Gasteiger partial charge in [0.2, 0.25) is 0 Å². The van der Waals surface area contributed by atoms with E-state index in [1.807, 2.05) is 19.1 Å². The minimum absolute atomic E-state index is 0.0303. The van der Waals surface area contributed by atoms with Crippen LogP contribution in [0.2, 0.25) is 5.02 Å². The van der Waals surface area contributed by atoms with E-state index in [1.165, 1.54) is 4.57 Å². The SMILES string of the molecule is C[C@H](N)CCCc1cc(Cl)c(F)c(-c2cc3cn(-c4ccc(CO[C@H](CCNC(=N)N)CNC(=N)N)cc4)c(=O)nc3[nH]2)c1. The van der Waals surface area contributed by atoms with Gasteiger partial charge in [0.15, 0.2) is 17.7 Å². The molecule has 12 nitrogen and oxygen atoms in total. The molecule has 44 heavy (non-hydrogen) atoms. The zero-order valence-electron chi connectivity index (χ0n) is 24.4. The van der Waals surface area contributed by atoms with Crippen LogP contribution < -0.4 is 33.5 Å². The lowest BCUT2D eigenvalue weighted by molar-refractivity contribution is 0.0389. The maximum atomic E-state index is 15.1. The molecular formula is C30H38ClFN10O2. The summed E-state index contributed by atoms with van der Waals surface area (Å²) < 4.78 is 22.5. The van der Waals surface area contributed by atoms with Crippen molar-refractivity contribution >= 4 is 34.6 Å². The Balaban J connectivity index is 1.50. The third-order valence-corrected chi connectivity index (χ3v) is 7.29. The molecule has 0 aliphatic rings. The molecule has 0 amide bonds. The van der Waals surface area contributed by atoms with Crippen molar-refractivity contribution in [3.63, 3.8) is 0 Å². The smallest absolute Gasteiger partial charge is 0.354 e. The van der Waals surface area contributed by atoms with Crippen LogP contribution in [0.25, 0.3) is 28.0 Å². The number of H-pyrrole nitrogens is 1. The Morgan fingerprint density at radius 1 is 1.11 bits per heavy atom. The molecule has 2 aromatic carbocycles. The molecule has 14 heteroatoms. The Labute approximate surface area is 259 Å². The number of nitrogens with two attached hydrogens (primary N) is 3. The van der Waals surface area contributed by atoms with Gasteiger partial charge in [-0.25, -0.2) is 9.18 Å². The Hall–Kier alpha value is -4.46. The number of ether oxygens (including phenoxy) is 1. The van der Waals surface area contributed by atoms with E-state index in [1.54, 1.807) is 36.5 Å². The van der Waals surface area contributed by atoms with E-state index in [2.05, 4.69) is 20.6 Å². The van der Waals surface area contributed by atoms with E-state index < -0.39 is 11.5 Å². The van der Waals surface area contributed by atoms with Gasteiger partial charge in [0.05, 0.1) is 29.1 Å². The molecule has 0 fully saturated rings. The number of rotatable bonds is 14. The lowest BCUT2D eigenvalue weighted by Gasteiger charge is -2.19. The van der Waals surface area contributed by atoms with Gasteiger partial charge in [-0.1, -0.05) is 23.7 Å². The first-order chi connectivity index (χ1) is 21.0. The topological polar surface area (TPSA) is 210 Å². The fourth-order valence-electron chi connectivity index (χ4n) is 4.74. The first kappa shape index (κ1) is 32.5. The van der Waals surface area contributed by atoms with Crippen molar-refractivity contribution in [2.75, 3.05) is 13.1 Å². The number of aromatic amines is 1. The average molecular weight is 625 g/mol. The largest absolute Gasteiger partial charge is 0.372 e. The van der Waals surface area contributed by atoms with Crippen molar-refractivity contribution in [2.24, 2.45) is 17.2 Å². The quantitative estimate of drug-likeness (QED) is 0.0770. The third kappa shape index (κ3) is 8.78. The summed E-state index contributed by atoms with van der Waals surface area (Å²) in [6.07, 6.45) is 4.32. The van der Waals surface area contributed by atoms with E-state index in [-0.39, 0.29) is 35.7 Å². The molecule has 0 radical (unpaired) electrons. The third-order valence-electron chi connectivity index (χ3n) is 7.01. The minimum atomic E-state index is -0.545. The first-order valence-corrected chi connectivity index (χ1v) is 14.6. The van der Waals surface area contributed by atoms with Crippen LogP contribution in [0.15, 0.2) is 53.5 Å². The summed E-state index contributed by atoms with van der Waals surface area (Å²) in [6.45, 7) is 2.97. The normalized spacial score (nSPS) is 12.6. The van der Waals surface area contributed by atoms with Crippen molar-refractivity contribution in [1.29, 1.82) is 10.8 Å². The summed E-state index contributed by atoms with van der Waals surface area (Å²) in [6, 6.07) is 12.5. The minimum Gasteiger partial charge on any atom is -0.372 e. The fourth-order valence-corrected chi connectivity index (χ4v) is 4.98. The summed E-state index contributed by atoms with van der Waals surface area (Å²) in [5.74, 6) is -0.840. The molecule has 0 saturated heterocycles. The number of hydrogen-bond acceptors (Lipinski definition) is 6. The number of nitrogens with zero attached hydrogens (tertiary/aromatic N) is 2. The molecule has 11 N–H and O–H groups in total. The predicted molar refractivity (Wildman–Crippen MR) is 172 cm³/mol. The van der Waals surface area contributed by atoms with Crippen molar-refractivity contribution in [3.05, 3.63) is 81.1 Å². The summed E-state index contributed by atoms with van der Waals surface area (Å²) in [4.78, 5) is 20.2. The standard InChI is InChI=1S/C30H38ClFN10O2/c1-17(33)3-2-4-19-11-23(26(32)24(31)12-19)25-13-20-15-42(30(43)41-27(20)40-25)21-7-5-18(6-8-21)16-44-22(14-39-29(36)37)9-10-38-28(34)35/h5-8,11-13,15,17,22H,2-4,9-10,14,16,33H2,1H3,(H4,34,35,38)(H4,36,37,39)(H,40,41,43)/t17-,22+/m0/s1. The highest BCUT2D eigenvalue weighted by Crippen LogP contribution is 2.31. The fraction of sp³-hybridized carbons (Fsp3) is 0.333. The molecule has 2 heterocycles. The second-order valence-corrected chi connectivity index (χ2v) is 11.1. The Kier molecular flexibility index (Phi) is 10.9. The van der Waals surface area contributed by atoms with Crippen LogP contribution in [-0.2, 0) is 17.8 Å². The predicted octanol–water partition coefficient (Wildman–Crippen LogP) is 3.08. The summed E-state index contributed by atoms with van der Waals surface area (Å²) in [5, 5.41) is 20.8. The van der Waals surface area contributed by atoms with Crippen LogP contribution in [0.5, 0.6) is 0 Å². The van der Waals surface area contributed by atoms with E-state index in [0.29, 0.717) is 53.9 Å². The highest BCUT2D eigenvalue weighted by atomic mass is 35.5. The number of benzene rings is 2. The van der Waals surface area contributed by atoms with Gasteiger partial charge >= 0.3 is 5.69 Å². The van der Waals surface area contributed by atoms with Gasteiger partial charge in [-0.3, -0.25) is 15.4 Å². The lowest BCUT2D eigenvalue weighted by Crippen LogP contribution is -2.40. The summed E-state index contributed by atoms with van der Waals surface area (Å²) in [7, 11) is 0.